The van der Waals surface area contributed by atoms with Gasteiger partial charge in [0.25, 0.3) is 5.91 Å². The second kappa shape index (κ2) is 6.85. The molecule has 0 spiro atoms. The van der Waals surface area contributed by atoms with E-state index in [1.54, 1.807) is 23.1 Å². The molecule has 2 fully saturated rings. The average molecular weight is 344 g/mol. The van der Waals surface area contributed by atoms with Crippen LogP contribution in [0.1, 0.15) is 10.4 Å². The number of hydrogen-bond acceptors (Lipinski definition) is 6. The highest BCUT2D eigenvalue weighted by Crippen LogP contribution is 2.21. The highest BCUT2D eigenvalue weighted by atomic mass is 16.5. The lowest BCUT2D eigenvalue weighted by Crippen LogP contribution is -2.40. The molecule has 0 radical (unpaired) electrons. The molecular formula is C18H20N2O5. The Kier molecular flexibility index (Phi) is 4.42. The molecular weight excluding hydrogens is 324 g/mol. The lowest BCUT2D eigenvalue weighted by atomic mass is 10.1. The number of amides is 1. The summed E-state index contributed by atoms with van der Waals surface area (Å²) in [6.45, 7) is 4.87. The smallest absolute Gasteiger partial charge is 0.254 e. The Balaban J connectivity index is 1.65. The number of ether oxygens (including phenoxy) is 2. The predicted octanol–water partition coefficient (Wildman–Crippen LogP) is 1.10. The van der Waals surface area contributed by atoms with Gasteiger partial charge >= 0.3 is 0 Å². The Morgan fingerprint density at radius 3 is 2.32 bits per heavy atom. The van der Waals surface area contributed by atoms with E-state index >= 15 is 0 Å². The molecule has 1 amide bonds. The average Bonchev–Trinajstić information content (AvgIpc) is 2.68. The van der Waals surface area contributed by atoms with Gasteiger partial charge in [0, 0.05) is 37.8 Å². The normalized spacial score (nSPS) is 18.6. The van der Waals surface area contributed by atoms with Crippen molar-refractivity contribution in [1.29, 1.82) is 0 Å². The van der Waals surface area contributed by atoms with Gasteiger partial charge in [-0.15, -0.1) is 0 Å². The lowest BCUT2D eigenvalue weighted by Gasteiger charge is -2.27. The molecule has 132 valence electrons. The Labute approximate surface area is 144 Å². The van der Waals surface area contributed by atoms with Gasteiger partial charge in [0.05, 0.1) is 31.8 Å². The fourth-order valence-corrected chi connectivity index (χ4v) is 3.17. The third kappa shape index (κ3) is 3.25. The van der Waals surface area contributed by atoms with Crippen molar-refractivity contribution in [2.45, 2.75) is 0 Å². The van der Waals surface area contributed by atoms with Crippen LogP contribution in [0.2, 0.25) is 0 Å². The van der Waals surface area contributed by atoms with Gasteiger partial charge in [0.1, 0.15) is 5.58 Å². The van der Waals surface area contributed by atoms with Gasteiger partial charge in [0.15, 0.2) is 11.3 Å². The van der Waals surface area contributed by atoms with Gasteiger partial charge in [-0.3, -0.25) is 9.59 Å². The summed E-state index contributed by atoms with van der Waals surface area (Å²) in [7, 11) is 0. The first kappa shape index (κ1) is 16.1. The van der Waals surface area contributed by atoms with Crippen molar-refractivity contribution < 1.29 is 18.7 Å². The summed E-state index contributed by atoms with van der Waals surface area (Å²) in [5, 5.41) is 0.427. The van der Waals surface area contributed by atoms with E-state index in [-0.39, 0.29) is 11.3 Å². The molecule has 1 aromatic heterocycles. The van der Waals surface area contributed by atoms with Crippen LogP contribution >= 0.6 is 0 Å². The van der Waals surface area contributed by atoms with Gasteiger partial charge < -0.3 is 23.7 Å². The van der Waals surface area contributed by atoms with Crippen LogP contribution in [0.5, 0.6) is 0 Å². The van der Waals surface area contributed by atoms with Crippen LogP contribution in [-0.2, 0) is 9.47 Å². The summed E-state index contributed by atoms with van der Waals surface area (Å²) in [5.41, 5.74) is 0.854. The number of fused-ring (bicyclic) bond motifs is 1. The molecule has 25 heavy (non-hydrogen) atoms. The van der Waals surface area contributed by atoms with E-state index in [4.69, 9.17) is 13.9 Å². The summed E-state index contributed by atoms with van der Waals surface area (Å²) in [6.07, 6.45) is 0. The standard InChI is InChI=1S/C18H20N2O5/c21-15-12-17(19-3-7-23-8-4-19)25-16-2-1-13(11-14(15)16)18(22)20-5-9-24-10-6-20/h1-2,11-12H,3-10H2. The Morgan fingerprint density at radius 1 is 0.920 bits per heavy atom. The van der Waals surface area contributed by atoms with E-state index in [1.165, 1.54) is 6.07 Å². The minimum Gasteiger partial charge on any atom is -0.440 e. The fourth-order valence-electron chi connectivity index (χ4n) is 3.17. The zero-order valence-corrected chi connectivity index (χ0v) is 13.9. The minimum atomic E-state index is -0.139. The molecule has 1 aromatic carbocycles. The van der Waals surface area contributed by atoms with Gasteiger partial charge in [-0.1, -0.05) is 0 Å². The number of nitrogens with zero attached hydrogens (tertiary/aromatic N) is 2. The predicted molar refractivity (Wildman–Crippen MR) is 92.2 cm³/mol. The van der Waals surface area contributed by atoms with Gasteiger partial charge in [-0.25, -0.2) is 0 Å². The molecule has 4 rings (SSSR count). The molecule has 0 atom stereocenters. The first-order valence-corrected chi connectivity index (χ1v) is 8.50. The second-order valence-corrected chi connectivity index (χ2v) is 6.16. The van der Waals surface area contributed by atoms with Gasteiger partial charge in [-0.05, 0) is 18.2 Å². The number of rotatable bonds is 2. The highest BCUT2D eigenvalue weighted by molar-refractivity contribution is 5.97. The van der Waals surface area contributed by atoms with Gasteiger partial charge in [-0.2, -0.15) is 0 Å². The molecule has 2 aromatic rings. The van der Waals surface area contributed by atoms with Crippen molar-refractivity contribution in [2.24, 2.45) is 0 Å². The summed E-state index contributed by atoms with van der Waals surface area (Å²) in [4.78, 5) is 28.9. The van der Waals surface area contributed by atoms with Crippen molar-refractivity contribution in [3.05, 3.63) is 40.1 Å². The number of hydrogen-bond donors (Lipinski definition) is 0. The van der Waals surface area contributed by atoms with Crippen LogP contribution in [0.25, 0.3) is 11.0 Å². The maximum absolute atomic E-state index is 12.6. The SMILES string of the molecule is O=C(c1ccc2oc(N3CCOCC3)cc(=O)c2c1)N1CCOCC1. The summed E-state index contributed by atoms with van der Waals surface area (Å²) >= 11 is 0. The van der Waals surface area contributed by atoms with E-state index < -0.39 is 0 Å². The largest absolute Gasteiger partial charge is 0.440 e. The van der Waals surface area contributed by atoms with Crippen LogP contribution in [0.15, 0.2) is 33.5 Å². The van der Waals surface area contributed by atoms with Crippen molar-refractivity contribution in [3.8, 4) is 0 Å². The second-order valence-electron chi connectivity index (χ2n) is 6.16. The molecule has 0 aliphatic carbocycles. The number of carbonyl (C=O) groups excluding carboxylic acids is 1. The van der Waals surface area contributed by atoms with E-state index in [1.807, 2.05) is 4.90 Å². The summed E-state index contributed by atoms with van der Waals surface area (Å²) in [5.74, 6) is 0.468. The topological polar surface area (TPSA) is 72.2 Å². The quantitative estimate of drug-likeness (QED) is 0.812. The molecule has 0 N–H and O–H groups in total. The maximum Gasteiger partial charge on any atom is 0.254 e. The van der Waals surface area contributed by atoms with E-state index in [2.05, 4.69) is 0 Å². The number of morpholine rings is 2. The zero-order valence-electron chi connectivity index (χ0n) is 13.9. The summed E-state index contributed by atoms with van der Waals surface area (Å²) < 4.78 is 16.5. The number of carbonyl (C=O) groups is 1. The molecule has 2 aliphatic rings. The molecule has 7 nitrogen and oxygen atoms in total. The molecule has 3 heterocycles. The van der Waals surface area contributed by atoms with Crippen LogP contribution in [0.4, 0.5) is 5.88 Å². The molecule has 0 bridgehead atoms. The first-order chi connectivity index (χ1) is 12.2. The fraction of sp³-hybridized carbons (Fsp3) is 0.444. The Hall–Kier alpha value is -2.38. The number of benzene rings is 1. The van der Waals surface area contributed by atoms with E-state index in [9.17, 15) is 9.59 Å². The Morgan fingerprint density at radius 2 is 1.60 bits per heavy atom. The molecule has 2 saturated heterocycles. The molecule has 2 aliphatic heterocycles. The summed E-state index contributed by atoms with van der Waals surface area (Å²) in [6, 6.07) is 6.54. The van der Waals surface area contributed by atoms with Crippen LogP contribution in [0, 0.1) is 0 Å². The van der Waals surface area contributed by atoms with Crippen molar-refractivity contribution in [2.75, 3.05) is 57.5 Å². The van der Waals surface area contributed by atoms with Crippen molar-refractivity contribution in [1.82, 2.24) is 4.90 Å². The molecule has 7 heteroatoms. The molecule has 0 saturated carbocycles. The number of anilines is 1. The third-order valence-corrected chi connectivity index (χ3v) is 4.58. The van der Waals surface area contributed by atoms with Crippen LogP contribution < -0.4 is 10.3 Å². The highest BCUT2D eigenvalue weighted by Gasteiger charge is 2.20. The minimum absolute atomic E-state index is 0.0816. The first-order valence-electron chi connectivity index (χ1n) is 8.50. The van der Waals surface area contributed by atoms with Crippen molar-refractivity contribution in [3.63, 3.8) is 0 Å². The van der Waals surface area contributed by atoms with Crippen LogP contribution in [0.3, 0.4) is 0 Å². The third-order valence-electron chi connectivity index (χ3n) is 4.58. The van der Waals surface area contributed by atoms with Crippen molar-refractivity contribution >= 4 is 22.8 Å². The molecule has 0 unspecified atom stereocenters. The van der Waals surface area contributed by atoms with E-state index in [0.717, 1.165) is 0 Å². The monoisotopic (exact) mass is 344 g/mol. The van der Waals surface area contributed by atoms with Crippen LogP contribution in [-0.4, -0.2) is 63.4 Å². The zero-order chi connectivity index (χ0) is 17.2. The van der Waals surface area contributed by atoms with Gasteiger partial charge in [0.2, 0.25) is 0 Å². The maximum atomic E-state index is 12.6. The Bertz CT molecular complexity index is 835. The van der Waals surface area contributed by atoms with E-state index in [0.29, 0.717) is 75.0 Å². The lowest BCUT2D eigenvalue weighted by molar-refractivity contribution is 0.0303.